The van der Waals surface area contributed by atoms with Crippen LogP contribution in [0.1, 0.15) is 55.2 Å². The molecule has 57 heavy (non-hydrogen) atoms. The van der Waals surface area contributed by atoms with E-state index >= 15 is 0 Å². The highest BCUT2D eigenvalue weighted by atomic mass is 16.6. The number of hydrogen-bond acceptors (Lipinski definition) is 12. The number of ether oxygens (including phenoxy) is 9. The summed E-state index contributed by atoms with van der Waals surface area (Å²) >= 11 is 0. The number of benzene rings is 3. The first-order valence-corrected chi connectivity index (χ1v) is 19.1. The van der Waals surface area contributed by atoms with Gasteiger partial charge in [0.05, 0.1) is 54.4 Å². The SMILES string of the molecule is COC(=O)C=Cc1ccc(OCCCCOCC(COCCCCOc2ccc(C=CC(=O)OC)cc2)OCCCCOc2ccc(C=CC(=O)OC)cc2)cc1. The smallest absolute Gasteiger partial charge is 0.330 e. The van der Waals surface area contributed by atoms with Crippen molar-refractivity contribution >= 4 is 36.1 Å². The van der Waals surface area contributed by atoms with Crippen molar-refractivity contribution in [2.75, 3.05) is 74.2 Å². The van der Waals surface area contributed by atoms with Crippen LogP contribution in [0.5, 0.6) is 17.2 Å². The lowest BCUT2D eigenvalue weighted by Gasteiger charge is -2.18. The molecule has 0 saturated heterocycles. The van der Waals surface area contributed by atoms with Crippen LogP contribution < -0.4 is 14.2 Å². The highest BCUT2D eigenvalue weighted by molar-refractivity contribution is 5.88. The predicted octanol–water partition coefficient (Wildman–Crippen LogP) is 7.54. The summed E-state index contributed by atoms with van der Waals surface area (Å²) in [6.07, 6.45) is 14.0. The van der Waals surface area contributed by atoms with Crippen LogP contribution in [0, 0.1) is 0 Å². The van der Waals surface area contributed by atoms with Crippen molar-refractivity contribution < 1.29 is 57.0 Å². The summed E-state index contributed by atoms with van der Waals surface area (Å²) in [6, 6.07) is 22.5. The van der Waals surface area contributed by atoms with Crippen molar-refractivity contribution in [1.82, 2.24) is 0 Å². The third-order valence-electron chi connectivity index (χ3n) is 8.15. The van der Waals surface area contributed by atoms with Crippen molar-refractivity contribution in [2.24, 2.45) is 0 Å². The maximum absolute atomic E-state index is 11.3. The molecular formula is C45H56O12. The molecule has 0 aliphatic rings. The Morgan fingerprint density at radius 1 is 0.439 bits per heavy atom. The summed E-state index contributed by atoms with van der Waals surface area (Å²) in [5.74, 6) is 1.08. The van der Waals surface area contributed by atoms with Crippen LogP contribution >= 0.6 is 0 Å². The Kier molecular flexibility index (Phi) is 23.3. The second-order valence-electron chi connectivity index (χ2n) is 12.6. The molecule has 0 saturated carbocycles. The molecule has 0 aliphatic carbocycles. The Hall–Kier alpha value is -5.43. The maximum Gasteiger partial charge on any atom is 0.330 e. The lowest BCUT2D eigenvalue weighted by molar-refractivity contribution is -0.135. The largest absolute Gasteiger partial charge is 0.494 e. The predicted molar refractivity (Wildman–Crippen MR) is 218 cm³/mol. The molecule has 0 radical (unpaired) electrons. The van der Waals surface area contributed by atoms with E-state index in [1.807, 2.05) is 72.8 Å². The van der Waals surface area contributed by atoms with Crippen molar-refractivity contribution in [3.63, 3.8) is 0 Å². The number of esters is 3. The number of rotatable bonds is 29. The Balaban J connectivity index is 1.33. The molecule has 3 rings (SSSR count). The van der Waals surface area contributed by atoms with Gasteiger partial charge in [0.15, 0.2) is 0 Å². The van der Waals surface area contributed by atoms with E-state index in [9.17, 15) is 14.4 Å². The Morgan fingerprint density at radius 3 is 1.05 bits per heavy atom. The minimum atomic E-state index is -0.401. The van der Waals surface area contributed by atoms with Crippen molar-refractivity contribution in [3.8, 4) is 17.2 Å². The van der Waals surface area contributed by atoms with Gasteiger partial charge in [0, 0.05) is 38.0 Å². The molecule has 308 valence electrons. The van der Waals surface area contributed by atoms with Crippen LogP contribution in [0.15, 0.2) is 91.0 Å². The first kappa shape index (κ1) is 46.0. The lowest BCUT2D eigenvalue weighted by Crippen LogP contribution is -2.27. The molecule has 0 unspecified atom stereocenters. The Bertz CT molecular complexity index is 1560. The highest BCUT2D eigenvalue weighted by Gasteiger charge is 2.11. The number of unbranched alkanes of at least 4 members (excludes halogenated alkanes) is 3. The fraction of sp³-hybridized carbons (Fsp3) is 0.400. The fourth-order valence-corrected chi connectivity index (χ4v) is 4.93. The molecule has 0 amide bonds. The van der Waals surface area contributed by atoms with Crippen molar-refractivity contribution in [2.45, 2.75) is 44.6 Å². The number of carbonyl (C=O) groups is 3. The molecule has 3 aromatic rings. The topological polar surface area (TPSA) is 134 Å². The summed E-state index contributed by atoms with van der Waals surface area (Å²) < 4.78 is 49.6. The van der Waals surface area contributed by atoms with Crippen LogP contribution in [0.25, 0.3) is 18.2 Å². The van der Waals surface area contributed by atoms with Gasteiger partial charge < -0.3 is 42.6 Å². The zero-order valence-electron chi connectivity index (χ0n) is 33.3. The van der Waals surface area contributed by atoms with E-state index in [0.717, 1.165) is 72.5 Å². The lowest BCUT2D eigenvalue weighted by atomic mass is 10.2. The zero-order valence-corrected chi connectivity index (χ0v) is 33.3. The monoisotopic (exact) mass is 788 g/mol. The number of methoxy groups -OCH3 is 3. The molecule has 0 aromatic heterocycles. The van der Waals surface area contributed by atoms with Gasteiger partial charge in [-0.05, 0) is 110 Å². The van der Waals surface area contributed by atoms with E-state index in [0.29, 0.717) is 52.9 Å². The van der Waals surface area contributed by atoms with Gasteiger partial charge in [0.2, 0.25) is 0 Å². The third kappa shape index (κ3) is 21.5. The third-order valence-corrected chi connectivity index (χ3v) is 8.15. The average molecular weight is 789 g/mol. The van der Waals surface area contributed by atoms with Crippen molar-refractivity contribution in [1.29, 1.82) is 0 Å². The molecule has 0 N–H and O–H groups in total. The van der Waals surface area contributed by atoms with E-state index in [2.05, 4.69) is 14.2 Å². The minimum Gasteiger partial charge on any atom is -0.494 e. The van der Waals surface area contributed by atoms with E-state index < -0.39 is 17.9 Å². The fourth-order valence-electron chi connectivity index (χ4n) is 4.93. The van der Waals surface area contributed by atoms with Crippen LogP contribution in [0.3, 0.4) is 0 Å². The summed E-state index contributed by atoms with van der Waals surface area (Å²) in [5.41, 5.74) is 2.64. The molecule has 0 aliphatic heterocycles. The van der Waals surface area contributed by atoms with Crippen LogP contribution in [0.4, 0.5) is 0 Å². The maximum atomic E-state index is 11.3. The molecule has 0 heterocycles. The Labute approximate surface area is 336 Å². The second kappa shape index (κ2) is 28.9. The molecule has 0 spiro atoms. The quantitative estimate of drug-likeness (QED) is 0.0298. The van der Waals surface area contributed by atoms with Gasteiger partial charge in [0.25, 0.3) is 0 Å². The van der Waals surface area contributed by atoms with Gasteiger partial charge in [-0.3, -0.25) is 0 Å². The average Bonchev–Trinajstić information content (AvgIpc) is 3.25. The molecular weight excluding hydrogens is 732 g/mol. The van der Waals surface area contributed by atoms with Crippen LogP contribution in [0.2, 0.25) is 0 Å². The van der Waals surface area contributed by atoms with E-state index in [1.165, 1.54) is 39.6 Å². The molecule has 3 aromatic carbocycles. The number of hydrogen-bond donors (Lipinski definition) is 0. The van der Waals surface area contributed by atoms with Crippen LogP contribution in [-0.2, 0) is 42.8 Å². The van der Waals surface area contributed by atoms with Gasteiger partial charge in [-0.25, -0.2) is 14.4 Å². The molecule has 0 atom stereocenters. The Morgan fingerprint density at radius 2 is 0.737 bits per heavy atom. The van der Waals surface area contributed by atoms with Crippen LogP contribution in [-0.4, -0.2) is 98.2 Å². The highest BCUT2D eigenvalue weighted by Crippen LogP contribution is 2.16. The summed E-state index contributed by atoms with van der Waals surface area (Å²) in [4.78, 5) is 33.9. The molecule has 0 fully saturated rings. The first-order valence-electron chi connectivity index (χ1n) is 19.1. The zero-order chi connectivity index (χ0) is 40.8. The van der Waals surface area contributed by atoms with E-state index in [1.54, 1.807) is 18.2 Å². The normalized spacial score (nSPS) is 11.8. The standard InChI is InChI=1S/C45H56O12/c1-49-43(46)25-16-36-10-19-39(20-11-36)54-30-6-4-28-52-34-42(57-33-9-8-32-56-41-23-14-38(15-24-41)18-27-45(48)51-3)35-53-29-5-7-31-55-40-21-12-37(13-22-40)17-26-44(47)50-2/h10-27,42H,4-9,28-35H2,1-3H3. The summed E-state index contributed by atoms with van der Waals surface area (Å²) in [5, 5.41) is 0. The number of carbonyl (C=O) groups excluding carboxylic acids is 3. The van der Waals surface area contributed by atoms with Gasteiger partial charge in [-0.1, -0.05) is 36.4 Å². The molecule has 12 nitrogen and oxygen atoms in total. The second-order valence-corrected chi connectivity index (χ2v) is 12.6. The van der Waals surface area contributed by atoms with Gasteiger partial charge in [0.1, 0.15) is 23.4 Å². The summed E-state index contributed by atoms with van der Waals surface area (Å²) in [6.45, 7) is 4.21. The van der Waals surface area contributed by atoms with E-state index in [-0.39, 0.29) is 6.10 Å². The summed E-state index contributed by atoms with van der Waals surface area (Å²) in [7, 11) is 4.03. The van der Waals surface area contributed by atoms with E-state index in [4.69, 9.17) is 28.4 Å². The minimum absolute atomic E-state index is 0.206. The van der Waals surface area contributed by atoms with Gasteiger partial charge in [-0.2, -0.15) is 0 Å². The van der Waals surface area contributed by atoms with Crippen molar-refractivity contribution in [3.05, 3.63) is 108 Å². The van der Waals surface area contributed by atoms with Gasteiger partial charge >= 0.3 is 17.9 Å². The molecule has 0 bridgehead atoms. The first-order chi connectivity index (χ1) is 27.9. The molecule has 12 heteroatoms. The van der Waals surface area contributed by atoms with Gasteiger partial charge in [-0.15, -0.1) is 0 Å².